The highest BCUT2D eigenvalue weighted by molar-refractivity contribution is 6.30. The minimum Gasteiger partial charge on any atom is -0.399 e. The summed E-state index contributed by atoms with van der Waals surface area (Å²) in [7, 11) is 0. The highest BCUT2D eigenvalue weighted by Gasteiger charge is 1.98. The highest BCUT2D eigenvalue weighted by Crippen LogP contribution is 2.11. The first kappa shape index (κ1) is 22.2. The number of anilines is 3. The molecule has 27 heavy (non-hydrogen) atoms. The number of hydrogen-bond acceptors (Lipinski definition) is 7. The Morgan fingerprint density at radius 3 is 1.52 bits per heavy atom. The van der Waals surface area contributed by atoms with Gasteiger partial charge in [0.1, 0.15) is 21.1 Å². The lowest BCUT2D eigenvalue weighted by Crippen LogP contribution is -2.07. The minimum absolute atomic E-state index is 0.219. The molecule has 3 aromatic heterocycles. The van der Waals surface area contributed by atoms with Crippen LogP contribution in [0.2, 0.25) is 15.5 Å². The number of nitrogens with one attached hydrogen (secondary N) is 1. The van der Waals surface area contributed by atoms with E-state index in [1.54, 1.807) is 36.7 Å². The second-order valence-corrected chi connectivity index (χ2v) is 5.72. The Kier molecular flexibility index (Phi) is 9.59. The molecule has 3 heterocycles. The lowest BCUT2D eigenvalue weighted by Gasteiger charge is -1.94. The number of hydrazine groups is 1. The molecule has 0 saturated carbocycles. The molecule has 142 valence electrons. The summed E-state index contributed by atoms with van der Waals surface area (Å²) in [5, 5.41) is 10.3. The zero-order chi connectivity index (χ0) is 20.2. The van der Waals surface area contributed by atoms with E-state index < -0.39 is 5.03 Å². The fourth-order valence-electron chi connectivity index (χ4n) is 1.41. The van der Waals surface area contributed by atoms with Crippen molar-refractivity contribution in [2.24, 2.45) is 0 Å². The predicted octanol–water partition coefficient (Wildman–Crippen LogP) is 3.97. The van der Waals surface area contributed by atoms with Crippen LogP contribution in [0.1, 0.15) is 0 Å². The number of nitrogen functional groups attached to an aromatic ring is 2. The molecule has 9 nitrogen and oxygen atoms in total. The van der Waals surface area contributed by atoms with Crippen molar-refractivity contribution in [2.45, 2.75) is 0 Å². The molecule has 0 spiro atoms. The van der Waals surface area contributed by atoms with Gasteiger partial charge in [-0.05, 0) is 30.3 Å². The van der Waals surface area contributed by atoms with Crippen molar-refractivity contribution in [1.29, 1.82) is 0 Å². The standard InChI is InChI=1S/C5H4ClN3O2.2C5H5ClN2/c6-5-3-4(1-2-7-5)8-9(10)11;2*6-5-3-4(7)1-2-8-5/h1-3H,(H,7,8);2*1-3H,(H2,7,8). The fourth-order valence-corrected chi connectivity index (χ4v) is 1.95. The molecule has 0 aliphatic carbocycles. The predicted molar refractivity (Wildman–Crippen MR) is 107 cm³/mol. The van der Waals surface area contributed by atoms with Crippen LogP contribution in [0.15, 0.2) is 55.0 Å². The Morgan fingerprint density at radius 1 is 0.815 bits per heavy atom. The normalized spacial score (nSPS) is 9.15. The van der Waals surface area contributed by atoms with E-state index in [1.165, 1.54) is 18.3 Å². The van der Waals surface area contributed by atoms with Gasteiger partial charge in [0.25, 0.3) is 0 Å². The van der Waals surface area contributed by atoms with Gasteiger partial charge in [-0.3, -0.25) is 0 Å². The van der Waals surface area contributed by atoms with Crippen LogP contribution in [0, 0.1) is 10.1 Å². The molecule has 0 atom stereocenters. The molecule has 0 radical (unpaired) electrons. The van der Waals surface area contributed by atoms with Crippen LogP contribution in [-0.2, 0) is 0 Å². The van der Waals surface area contributed by atoms with Crippen molar-refractivity contribution < 1.29 is 5.03 Å². The summed E-state index contributed by atoms with van der Waals surface area (Å²) >= 11 is 16.4. The first-order valence-corrected chi connectivity index (χ1v) is 8.16. The van der Waals surface area contributed by atoms with Gasteiger partial charge in [-0.15, -0.1) is 5.43 Å². The molecule has 5 N–H and O–H groups in total. The van der Waals surface area contributed by atoms with Crippen molar-refractivity contribution >= 4 is 51.9 Å². The molecule has 12 heteroatoms. The average molecular weight is 431 g/mol. The van der Waals surface area contributed by atoms with Crippen molar-refractivity contribution in [2.75, 3.05) is 16.9 Å². The van der Waals surface area contributed by atoms with E-state index in [0.717, 1.165) is 0 Å². The monoisotopic (exact) mass is 429 g/mol. The molecule has 0 fully saturated rings. The summed E-state index contributed by atoms with van der Waals surface area (Å²) in [5.41, 5.74) is 14.2. The van der Waals surface area contributed by atoms with Crippen LogP contribution in [0.4, 0.5) is 17.1 Å². The Labute approximate surface area is 169 Å². The van der Waals surface area contributed by atoms with Crippen LogP contribution in [0.3, 0.4) is 0 Å². The van der Waals surface area contributed by atoms with Gasteiger partial charge in [0.05, 0.1) is 0 Å². The number of nitrogens with zero attached hydrogens (tertiary/aromatic N) is 4. The molecular weight excluding hydrogens is 417 g/mol. The largest absolute Gasteiger partial charge is 0.399 e. The van der Waals surface area contributed by atoms with E-state index in [9.17, 15) is 10.1 Å². The topological polar surface area (TPSA) is 146 Å². The van der Waals surface area contributed by atoms with Crippen LogP contribution in [0.5, 0.6) is 0 Å². The first-order chi connectivity index (χ1) is 12.8. The Bertz CT molecular complexity index is 805. The lowest BCUT2D eigenvalue weighted by molar-refractivity contribution is -0.445. The van der Waals surface area contributed by atoms with E-state index in [0.29, 0.717) is 27.4 Å². The number of aromatic nitrogens is 3. The van der Waals surface area contributed by atoms with Crippen molar-refractivity contribution in [3.63, 3.8) is 0 Å². The van der Waals surface area contributed by atoms with Crippen LogP contribution in [-0.4, -0.2) is 20.0 Å². The molecule has 0 aromatic carbocycles. The van der Waals surface area contributed by atoms with E-state index >= 15 is 0 Å². The second kappa shape index (κ2) is 11.7. The molecule has 0 saturated heterocycles. The number of halogens is 3. The maximum atomic E-state index is 9.91. The quantitative estimate of drug-likeness (QED) is 0.314. The van der Waals surface area contributed by atoms with Gasteiger partial charge in [0.2, 0.25) is 0 Å². The van der Waals surface area contributed by atoms with E-state index in [4.69, 9.17) is 46.3 Å². The third-order valence-corrected chi connectivity index (χ3v) is 3.07. The molecule has 0 aliphatic heterocycles. The smallest absolute Gasteiger partial charge is 0.162 e. The Morgan fingerprint density at radius 2 is 1.22 bits per heavy atom. The number of nitro groups is 1. The summed E-state index contributed by atoms with van der Waals surface area (Å²) < 4.78 is 0. The van der Waals surface area contributed by atoms with Crippen molar-refractivity contribution in [3.05, 3.63) is 80.6 Å². The molecular formula is C15H14Cl3N7O2. The van der Waals surface area contributed by atoms with Gasteiger partial charge in [-0.1, -0.05) is 34.8 Å². The average Bonchev–Trinajstić information content (AvgIpc) is 2.55. The Balaban J connectivity index is 0.000000206. The minimum atomic E-state index is -0.661. The second-order valence-electron chi connectivity index (χ2n) is 4.56. The summed E-state index contributed by atoms with van der Waals surface area (Å²) in [6, 6.07) is 9.39. The molecule has 3 rings (SSSR count). The molecule has 0 bridgehead atoms. The number of pyridine rings is 3. The van der Waals surface area contributed by atoms with Gasteiger partial charge in [0.15, 0.2) is 5.03 Å². The molecule has 0 unspecified atom stereocenters. The highest BCUT2D eigenvalue weighted by atomic mass is 35.5. The van der Waals surface area contributed by atoms with Crippen molar-refractivity contribution in [3.8, 4) is 0 Å². The van der Waals surface area contributed by atoms with Gasteiger partial charge in [-0.2, -0.15) is 0 Å². The van der Waals surface area contributed by atoms with Crippen LogP contribution < -0.4 is 16.9 Å². The lowest BCUT2D eigenvalue weighted by atomic mass is 10.4. The van der Waals surface area contributed by atoms with Gasteiger partial charge >= 0.3 is 0 Å². The molecule has 0 amide bonds. The number of rotatable bonds is 2. The summed E-state index contributed by atoms with van der Waals surface area (Å²) in [5.74, 6) is 0. The zero-order valence-electron chi connectivity index (χ0n) is 13.6. The summed E-state index contributed by atoms with van der Waals surface area (Å²) in [6.45, 7) is 0. The van der Waals surface area contributed by atoms with Crippen LogP contribution >= 0.6 is 34.8 Å². The van der Waals surface area contributed by atoms with E-state index in [2.05, 4.69) is 15.0 Å². The number of hydrogen-bond donors (Lipinski definition) is 3. The zero-order valence-corrected chi connectivity index (χ0v) is 15.9. The maximum absolute atomic E-state index is 9.91. The van der Waals surface area contributed by atoms with E-state index in [1.807, 2.05) is 5.43 Å². The maximum Gasteiger partial charge on any atom is 0.162 e. The summed E-state index contributed by atoms with van der Waals surface area (Å²) in [4.78, 5) is 21.0. The third-order valence-electron chi connectivity index (χ3n) is 2.45. The third kappa shape index (κ3) is 10.6. The van der Waals surface area contributed by atoms with E-state index in [-0.39, 0.29) is 5.15 Å². The summed E-state index contributed by atoms with van der Waals surface area (Å²) in [6.07, 6.45) is 4.52. The van der Waals surface area contributed by atoms with Crippen molar-refractivity contribution in [1.82, 2.24) is 15.0 Å². The Hall–Kier alpha value is -2.88. The molecule has 3 aromatic rings. The fraction of sp³-hybridized carbons (Fsp3) is 0. The van der Waals surface area contributed by atoms with Gasteiger partial charge < -0.3 is 11.5 Å². The van der Waals surface area contributed by atoms with Gasteiger partial charge in [0, 0.05) is 36.0 Å². The van der Waals surface area contributed by atoms with Crippen LogP contribution in [0.25, 0.3) is 0 Å². The molecule has 0 aliphatic rings. The SMILES string of the molecule is Nc1ccnc(Cl)c1.Nc1ccnc(Cl)c1.O=[N+]([O-])Nc1ccnc(Cl)c1. The van der Waals surface area contributed by atoms with Gasteiger partial charge in [-0.25, -0.2) is 25.1 Å². The first-order valence-electron chi connectivity index (χ1n) is 7.03. The number of nitrogens with two attached hydrogens (primary N) is 2.